The molecular formula is C13H18N2O3. The van der Waals surface area contributed by atoms with Gasteiger partial charge in [0.05, 0.1) is 6.61 Å². The Labute approximate surface area is 105 Å². The first kappa shape index (κ1) is 12.8. The minimum Gasteiger partial charge on any atom is -0.395 e. The molecule has 98 valence electrons. The fourth-order valence-corrected chi connectivity index (χ4v) is 2.21. The average Bonchev–Trinajstić information content (AvgIpc) is 3.07. The Hall–Kier alpha value is -1.62. The highest BCUT2D eigenvalue weighted by Crippen LogP contribution is 2.27. The highest BCUT2D eigenvalue weighted by molar-refractivity contribution is 5.95. The molecule has 1 heterocycles. The summed E-state index contributed by atoms with van der Waals surface area (Å²) in [6, 6.07) is 1.98. The van der Waals surface area contributed by atoms with E-state index in [-0.39, 0.29) is 36.2 Å². The quantitative estimate of drug-likeness (QED) is 0.821. The lowest BCUT2D eigenvalue weighted by Crippen LogP contribution is -2.39. The minimum absolute atomic E-state index is 0.0783. The molecule has 0 spiro atoms. The molecule has 5 heteroatoms. The van der Waals surface area contributed by atoms with Crippen LogP contribution in [0, 0.1) is 13.8 Å². The van der Waals surface area contributed by atoms with Crippen molar-refractivity contribution in [2.24, 2.45) is 0 Å². The zero-order valence-electron chi connectivity index (χ0n) is 10.7. The Balaban J connectivity index is 2.35. The number of aromatic nitrogens is 1. The van der Waals surface area contributed by atoms with Crippen molar-refractivity contribution in [2.75, 3.05) is 13.2 Å². The van der Waals surface area contributed by atoms with E-state index in [2.05, 4.69) is 4.98 Å². The van der Waals surface area contributed by atoms with Crippen LogP contribution in [0.4, 0.5) is 0 Å². The molecule has 0 saturated heterocycles. The molecule has 18 heavy (non-hydrogen) atoms. The zero-order chi connectivity index (χ0) is 13.3. The summed E-state index contributed by atoms with van der Waals surface area (Å²) in [6.07, 6.45) is 1.91. The van der Waals surface area contributed by atoms with Crippen molar-refractivity contribution in [1.82, 2.24) is 9.88 Å². The van der Waals surface area contributed by atoms with E-state index in [0.717, 1.165) is 18.5 Å². The van der Waals surface area contributed by atoms with Crippen molar-refractivity contribution in [2.45, 2.75) is 32.7 Å². The first-order valence-corrected chi connectivity index (χ1v) is 6.17. The van der Waals surface area contributed by atoms with E-state index in [9.17, 15) is 9.59 Å². The van der Waals surface area contributed by atoms with Gasteiger partial charge in [0.25, 0.3) is 11.5 Å². The van der Waals surface area contributed by atoms with Crippen LogP contribution in [0.25, 0.3) is 0 Å². The van der Waals surface area contributed by atoms with Crippen LogP contribution in [0.5, 0.6) is 0 Å². The third-order valence-electron chi connectivity index (χ3n) is 3.17. The molecule has 0 bridgehead atoms. The molecule has 0 unspecified atom stereocenters. The second-order valence-corrected chi connectivity index (χ2v) is 4.79. The number of nitrogens with zero attached hydrogens (tertiary/aromatic N) is 1. The van der Waals surface area contributed by atoms with Crippen molar-refractivity contribution in [3.8, 4) is 0 Å². The number of carbonyl (C=O) groups is 1. The van der Waals surface area contributed by atoms with Gasteiger partial charge in [0.2, 0.25) is 0 Å². The monoisotopic (exact) mass is 250 g/mol. The standard InChI is InChI=1S/C13H18N2O3/c1-8-7-9(2)14-12(17)11(8)13(18)15(5-6-16)10-3-4-10/h7,10,16H,3-6H2,1-2H3,(H,14,17). The molecule has 1 amide bonds. The molecule has 0 aromatic carbocycles. The minimum atomic E-state index is -0.346. The first-order valence-electron chi connectivity index (χ1n) is 6.17. The average molecular weight is 250 g/mol. The van der Waals surface area contributed by atoms with E-state index in [1.807, 2.05) is 0 Å². The van der Waals surface area contributed by atoms with Crippen molar-refractivity contribution in [1.29, 1.82) is 0 Å². The molecule has 2 N–H and O–H groups in total. The predicted molar refractivity (Wildman–Crippen MR) is 67.7 cm³/mol. The van der Waals surface area contributed by atoms with E-state index < -0.39 is 0 Å². The lowest BCUT2D eigenvalue weighted by Gasteiger charge is -2.21. The van der Waals surface area contributed by atoms with Crippen LogP contribution in [-0.4, -0.2) is 40.1 Å². The van der Waals surface area contributed by atoms with Crippen LogP contribution in [-0.2, 0) is 0 Å². The SMILES string of the molecule is Cc1cc(C)c(C(=O)N(CCO)C2CC2)c(=O)[nH]1. The molecule has 1 aromatic heterocycles. The lowest BCUT2D eigenvalue weighted by atomic mass is 10.1. The van der Waals surface area contributed by atoms with Crippen LogP contribution < -0.4 is 5.56 Å². The molecule has 0 aliphatic heterocycles. The van der Waals surface area contributed by atoms with Crippen LogP contribution in [0.2, 0.25) is 0 Å². The highest BCUT2D eigenvalue weighted by atomic mass is 16.3. The highest BCUT2D eigenvalue weighted by Gasteiger charge is 2.34. The van der Waals surface area contributed by atoms with Gasteiger partial charge in [-0.05, 0) is 38.3 Å². The Morgan fingerprint density at radius 1 is 1.50 bits per heavy atom. The van der Waals surface area contributed by atoms with Crippen LogP contribution in [0.3, 0.4) is 0 Å². The summed E-state index contributed by atoms with van der Waals surface area (Å²) in [5.41, 5.74) is 1.28. The van der Waals surface area contributed by atoms with E-state index >= 15 is 0 Å². The number of hydrogen-bond donors (Lipinski definition) is 2. The van der Waals surface area contributed by atoms with Gasteiger partial charge in [-0.15, -0.1) is 0 Å². The van der Waals surface area contributed by atoms with Crippen molar-refractivity contribution < 1.29 is 9.90 Å². The smallest absolute Gasteiger partial charge is 0.261 e. The predicted octanol–water partition coefficient (Wildman–Crippen LogP) is 0.589. The van der Waals surface area contributed by atoms with Gasteiger partial charge in [0, 0.05) is 18.3 Å². The van der Waals surface area contributed by atoms with Crippen molar-refractivity contribution >= 4 is 5.91 Å². The largest absolute Gasteiger partial charge is 0.395 e. The van der Waals surface area contributed by atoms with Gasteiger partial charge in [-0.2, -0.15) is 0 Å². The second kappa shape index (κ2) is 4.94. The number of hydrogen-bond acceptors (Lipinski definition) is 3. The van der Waals surface area contributed by atoms with E-state index in [4.69, 9.17) is 5.11 Å². The van der Waals surface area contributed by atoms with Gasteiger partial charge < -0.3 is 15.0 Å². The van der Waals surface area contributed by atoms with Crippen LogP contribution in [0.15, 0.2) is 10.9 Å². The van der Waals surface area contributed by atoms with Crippen LogP contribution in [0.1, 0.15) is 34.5 Å². The summed E-state index contributed by atoms with van der Waals surface area (Å²) in [4.78, 5) is 28.5. The Kier molecular flexibility index (Phi) is 3.52. The molecule has 1 saturated carbocycles. The van der Waals surface area contributed by atoms with Crippen LogP contribution >= 0.6 is 0 Å². The Bertz CT molecular complexity index is 517. The van der Waals surface area contributed by atoms with Gasteiger partial charge >= 0.3 is 0 Å². The van der Waals surface area contributed by atoms with Gasteiger partial charge in [-0.3, -0.25) is 9.59 Å². The number of aliphatic hydroxyl groups is 1. The number of nitrogens with one attached hydrogen (secondary N) is 1. The maximum Gasteiger partial charge on any atom is 0.261 e. The maximum absolute atomic E-state index is 12.4. The number of pyridine rings is 1. The molecular weight excluding hydrogens is 232 g/mol. The molecule has 0 radical (unpaired) electrons. The molecule has 1 aliphatic rings. The number of carbonyl (C=O) groups excluding carboxylic acids is 1. The summed E-state index contributed by atoms with van der Waals surface area (Å²) in [7, 11) is 0. The summed E-state index contributed by atoms with van der Waals surface area (Å²) in [5, 5.41) is 9.01. The fraction of sp³-hybridized carbons (Fsp3) is 0.538. The normalized spacial score (nSPS) is 14.6. The maximum atomic E-state index is 12.4. The first-order chi connectivity index (χ1) is 8.54. The van der Waals surface area contributed by atoms with Crippen molar-refractivity contribution in [3.63, 3.8) is 0 Å². The molecule has 1 aromatic rings. The molecule has 5 nitrogen and oxygen atoms in total. The number of amides is 1. The second-order valence-electron chi connectivity index (χ2n) is 4.79. The van der Waals surface area contributed by atoms with E-state index in [1.54, 1.807) is 24.8 Å². The number of H-pyrrole nitrogens is 1. The van der Waals surface area contributed by atoms with E-state index in [0.29, 0.717) is 5.56 Å². The number of aliphatic hydroxyl groups excluding tert-OH is 1. The zero-order valence-corrected chi connectivity index (χ0v) is 10.7. The molecule has 1 fully saturated rings. The van der Waals surface area contributed by atoms with Crippen molar-refractivity contribution in [3.05, 3.63) is 33.2 Å². The number of aromatic amines is 1. The van der Waals surface area contributed by atoms with Gasteiger partial charge in [0.1, 0.15) is 5.56 Å². The fourth-order valence-electron chi connectivity index (χ4n) is 2.21. The third-order valence-corrected chi connectivity index (χ3v) is 3.17. The summed E-state index contributed by atoms with van der Waals surface area (Å²) in [5.74, 6) is -0.273. The summed E-state index contributed by atoms with van der Waals surface area (Å²) < 4.78 is 0. The Morgan fingerprint density at radius 3 is 2.67 bits per heavy atom. The summed E-state index contributed by atoms with van der Waals surface area (Å²) in [6.45, 7) is 3.76. The lowest BCUT2D eigenvalue weighted by molar-refractivity contribution is 0.0705. The Morgan fingerprint density at radius 2 is 2.17 bits per heavy atom. The third kappa shape index (κ3) is 2.46. The molecule has 2 rings (SSSR count). The number of aryl methyl sites for hydroxylation is 2. The van der Waals surface area contributed by atoms with E-state index in [1.165, 1.54) is 0 Å². The molecule has 1 aliphatic carbocycles. The molecule has 0 atom stereocenters. The topological polar surface area (TPSA) is 73.4 Å². The number of rotatable bonds is 4. The van der Waals surface area contributed by atoms with Gasteiger partial charge in [-0.25, -0.2) is 0 Å². The summed E-state index contributed by atoms with van der Waals surface area (Å²) >= 11 is 0. The van der Waals surface area contributed by atoms with Gasteiger partial charge in [-0.1, -0.05) is 0 Å². The van der Waals surface area contributed by atoms with Gasteiger partial charge in [0.15, 0.2) is 0 Å².